The van der Waals surface area contributed by atoms with Gasteiger partial charge in [0.1, 0.15) is 0 Å². The minimum absolute atomic E-state index is 0.0923. The third-order valence-electron chi connectivity index (χ3n) is 1.53. The van der Waals surface area contributed by atoms with Crippen LogP contribution in [0.15, 0.2) is 12.8 Å². The molecule has 1 unspecified atom stereocenters. The monoisotopic (exact) mass is 188 g/mol. The van der Waals surface area contributed by atoms with E-state index in [9.17, 15) is 0 Å². The highest BCUT2D eigenvalue weighted by Crippen LogP contribution is 1.97. The molecule has 3 nitrogen and oxygen atoms in total. The molecular formula is C10H20O3. The Kier molecular flexibility index (Phi) is 9.15. The molecule has 0 aliphatic heterocycles. The van der Waals surface area contributed by atoms with Crippen molar-refractivity contribution in [3.63, 3.8) is 0 Å². The van der Waals surface area contributed by atoms with Crippen molar-refractivity contribution in [1.29, 1.82) is 0 Å². The van der Waals surface area contributed by atoms with E-state index in [-0.39, 0.29) is 6.29 Å². The Morgan fingerprint density at radius 3 is 2.54 bits per heavy atom. The molecule has 0 rings (SSSR count). The topological polar surface area (TPSA) is 27.7 Å². The van der Waals surface area contributed by atoms with Gasteiger partial charge in [-0.1, -0.05) is 6.58 Å². The second-order valence-electron chi connectivity index (χ2n) is 2.64. The van der Waals surface area contributed by atoms with Crippen molar-refractivity contribution in [2.45, 2.75) is 33.0 Å². The van der Waals surface area contributed by atoms with Crippen LogP contribution in [0.3, 0.4) is 0 Å². The van der Waals surface area contributed by atoms with Gasteiger partial charge in [0.05, 0.1) is 12.9 Å². The molecule has 0 N–H and O–H groups in total. The number of rotatable bonds is 9. The minimum Gasteiger partial charge on any atom is -0.502 e. The van der Waals surface area contributed by atoms with E-state index in [4.69, 9.17) is 14.2 Å². The van der Waals surface area contributed by atoms with Crippen LogP contribution in [0.1, 0.15) is 26.7 Å². The van der Waals surface area contributed by atoms with Crippen LogP contribution in [0.25, 0.3) is 0 Å². The number of hydrogen-bond acceptors (Lipinski definition) is 3. The fourth-order valence-corrected chi connectivity index (χ4v) is 0.903. The lowest BCUT2D eigenvalue weighted by molar-refractivity contribution is -0.127. The van der Waals surface area contributed by atoms with Crippen LogP contribution in [-0.4, -0.2) is 26.1 Å². The van der Waals surface area contributed by atoms with Crippen LogP contribution in [0.2, 0.25) is 0 Å². The lowest BCUT2D eigenvalue weighted by Crippen LogP contribution is -2.13. The molecule has 0 amide bonds. The molecule has 0 fully saturated rings. The molecule has 13 heavy (non-hydrogen) atoms. The zero-order chi connectivity index (χ0) is 9.94. The molecule has 0 aromatic rings. The summed E-state index contributed by atoms with van der Waals surface area (Å²) < 4.78 is 15.5. The third kappa shape index (κ3) is 9.37. The molecule has 1 atom stereocenters. The second kappa shape index (κ2) is 9.55. The summed E-state index contributed by atoms with van der Waals surface area (Å²) in [6.07, 6.45) is 3.35. The lowest BCUT2D eigenvalue weighted by Gasteiger charge is -2.12. The van der Waals surface area contributed by atoms with Gasteiger partial charge in [-0.15, -0.1) is 0 Å². The maximum absolute atomic E-state index is 5.36. The molecule has 0 spiro atoms. The number of ether oxygens (including phenoxy) is 3. The Morgan fingerprint density at radius 2 is 1.92 bits per heavy atom. The molecule has 0 heterocycles. The first-order chi connectivity index (χ1) is 6.31. The van der Waals surface area contributed by atoms with Gasteiger partial charge in [0.25, 0.3) is 0 Å². The Labute approximate surface area is 80.7 Å². The first-order valence-corrected chi connectivity index (χ1v) is 4.77. The van der Waals surface area contributed by atoms with E-state index >= 15 is 0 Å². The highest BCUT2D eigenvalue weighted by atomic mass is 16.7. The highest BCUT2D eigenvalue weighted by Gasteiger charge is 1.98. The molecule has 0 aromatic carbocycles. The average Bonchev–Trinajstić information content (AvgIpc) is 2.11. The Bertz CT molecular complexity index is 115. The molecule has 0 aliphatic carbocycles. The van der Waals surface area contributed by atoms with E-state index in [1.807, 2.05) is 13.8 Å². The Morgan fingerprint density at radius 1 is 1.23 bits per heavy atom. The van der Waals surface area contributed by atoms with E-state index in [1.165, 1.54) is 6.26 Å². The highest BCUT2D eigenvalue weighted by molar-refractivity contribution is 4.49. The Hall–Kier alpha value is -0.540. The second-order valence-corrected chi connectivity index (χ2v) is 2.64. The maximum atomic E-state index is 5.36. The van der Waals surface area contributed by atoms with Gasteiger partial charge in [-0.05, 0) is 26.7 Å². The van der Waals surface area contributed by atoms with Gasteiger partial charge in [-0.2, -0.15) is 0 Å². The van der Waals surface area contributed by atoms with Gasteiger partial charge >= 0.3 is 0 Å². The maximum Gasteiger partial charge on any atom is 0.154 e. The molecule has 0 radical (unpaired) electrons. The summed E-state index contributed by atoms with van der Waals surface area (Å²) in [6, 6.07) is 0. The fraction of sp³-hybridized carbons (Fsp3) is 0.800. The SMILES string of the molecule is C=COCCCCOC(C)OCC. The zero-order valence-corrected chi connectivity index (χ0v) is 8.62. The van der Waals surface area contributed by atoms with Crippen molar-refractivity contribution in [3.8, 4) is 0 Å². The summed E-state index contributed by atoms with van der Waals surface area (Å²) >= 11 is 0. The van der Waals surface area contributed by atoms with E-state index in [0.717, 1.165) is 26.1 Å². The normalized spacial score (nSPS) is 12.5. The van der Waals surface area contributed by atoms with Crippen molar-refractivity contribution in [2.24, 2.45) is 0 Å². The molecule has 0 saturated heterocycles. The predicted octanol–water partition coefficient (Wildman–Crippen LogP) is 2.33. The van der Waals surface area contributed by atoms with E-state index in [2.05, 4.69) is 6.58 Å². The van der Waals surface area contributed by atoms with Crippen LogP contribution < -0.4 is 0 Å². The Balaban J connectivity index is 3.01. The summed E-state index contributed by atoms with van der Waals surface area (Å²) in [5, 5.41) is 0. The fourth-order valence-electron chi connectivity index (χ4n) is 0.903. The van der Waals surface area contributed by atoms with Crippen molar-refractivity contribution in [1.82, 2.24) is 0 Å². The quantitative estimate of drug-likeness (QED) is 0.316. The van der Waals surface area contributed by atoms with Crippen LogP contribution >= 0.6 is 0 Å². The third-order valence-corrected chi connectivity index (χ3v) is 1.53. The molecule has 78 valence electrons. The predicted molar refractivity (Wildman–Crippen MR) is 52.4 cm³/mol. The molecular weight excluding hydrogens is 168 g/mol. The van der Waals surface area contributed by atoms with Crippen molar-refractivity contribution in [3.05, 3.63) is 12.8 Å². The van der Waals surface area contributed by atoms with Crippen molar-refractivity contribution in [2.75, 3.05) is 19.8 Å². The molecule has 3 heteroatoms. The van der Waals surface area contributed by atoms with Gasteiger partial charge in [0.2, 0.25) is 0 Å². The first-order valence-electron chi connectivity index (χ1n) is 4.77. The van der Waals surface area contributed by atoms with Gasteiger partial charge in [0.15, 0.2) is 6.29 Å². The summed E-state index contributed by atoms with van der Waals surface area (Å²) in [6.45, 7) is 9.46. The molecule has 0 saturated carbocycles. The van der Waals surface area contributed by atoms with Gasteiger partial charge in [0, 0.05) is 13.2 Å². The first kappa shape index (κ1) is 12.5. The molecule has 0 aliphatic rings. The standard InChI is InChI=1S/C10H20O3/c1-4-11-8-6-7-9-13-10(3)12-5-2/h4,10H,1,5-9H2,2-3H3. The summed E-state index contributed by atoms with van der Waals surface area (Å²) in [5.41, 5.74) is 0. The van der Waals surface area contributed by atoms with E-state index in [0.29, 0.717) is 6.61 Å². The smallest absolute Gasteiger partial charge is 0.154 e. The minimum atomic E-state index is -0.0923. The van der Waals surface area contributed by atoms with Crippen LogP contribution in [0.4, 0.5) is 0 Å². The number of hydrogen-bond donors (Lipinski definition) is 0. The van der Waals surface area contributed by atoms with Gasteiger partial charge in [-0.25, -0.2) is 0 Å². The molecule has 0 bridgehead atoms. The van der Waals surface area contributed by atoms with Crippen LogP contribution in [0, 0.1) is 0 Å². The van der Waals surface area contributed by atoms with Gasteiger partial charge in [-0.3, -0.25) is 0 Å². The molecule has 0 aromatic heterocycles. The van der Waals surface area contributed by atoms with Crippen LogP contribution in [0.5, 0.6) is 0 Å². The van der Waals surface area contributed by atoms with Crippen LogP contribution in [-0.2, 0) is 14.2 Å². The average molecular weight is 188 g/mol. The zero-order valence-electron chi connectivity index (χ0n) is 8.62. The van der Waals surface area contributed by atoms with Crippen molar-refractivity contribution >= 4 is 0 Å². The van der Waals surface area contributed by atoms with Crippen molar-refractivity contribution < 1.29 is 14.2 Å². The summed E-state index contributed by atoms with van der Waals surface area (Å²) in [4.78, 5) is 0. The number of unbranched alkanes of at least 4 members (excludes halogenated alkanes) is 1. The lowest BCUT2D eigenvalue weighted by atomic mass is 10.3. The van der Waals surface area contributed by atoms with E-state index < -0.39 is 0 Å². The summed E-state index contributed by atoms with van der Waals surface area (Å²) in [7, 11) is 0. The summed E-state index contributed by atoms with van der Waals surface area (Å²) in [5.74, 6) is 0. The largest absolute Gasteiger partial charge is 0.502 e. The van der Waals surface area contributed by atoms with E-state index in [1.54, 1.807) is 0 Å². The van der Waals surface area contributed by atoms with Gasteiger partial charge < -0.3 is 14.2 Å².